The number of nitrogens with one attached hydrogen (secondary N) is 1. The van der Waals surface area contributed by atoms with E-state index in [1.165, 1.54) is 0 Å². The lowest BCUT2D eigenvalue weighted by molar-refractivity contribution is -0.122. The third kappa shape index (κ3) is 6.27. The van der Waals surface area contributed by atoms with Gasteiger partial charge in [0.25, 0.3) is 0 Å². The Morgan fingerprint density at radius 2 is 2.14 bits per heavy atom. The van der Waals surface area contributed by atoms with Crippen molar-refractivity contribution in [2.75, 3.05) is 11.5 Å². The fraction of sp³-hybridized carbons (Fsp3) is 0.900. The summed E-state index contributed by atoms with van der Waals surface area (Å²) in [6, 6.07) is -0.121. The Bertz CT molecular complexity index is 164. The van der Waals surface area contributed by atoms with E-state index in [2.05, 4.69) is 12.2 Å². The van der Waals surface area contributed by atoms with Crippen molar-refractivity contribution < 1.29 is 4.79 Å². The van der Waals surface area contributed by atoms with Gasteiger partial charge in [-0.15, -0.1) is 0 Å². The van der Waals surface area contributed by atoms with E-state index < -0.39 is 0 Å². The van der Waals surface area contributed by atoms with Gasteiger partial charge < -0.3 is 11.1 Å². The molecule has 84 valence electrons. The minimum absolute atomic E-state index is 0.0175. The number of nitrogens with two attached hydrogens (primary N) is 1. The molecular weight excluding hydrogens is 196 g/mol. The van der Waals surface area contributed by atoms with E-state index in [1.54, 1.807) is 0 Å². The highest BCUT2D eigenvalue weighted by atomic mass is 32.2. The van der Waals surface area contributed by atoms with Crippen LogP contribution >= 0.6 is 11.8 Å². The Kier molecular flexibility index (Phi) is 7.99. The van der Waals surface area contributed by atoms with E-state index in [9.17, 15) is 4.79 Å². The molecule has 3 N–H and O–H groups in total. The van der Waals surface area contributed by atoms with Crippen molar-refractivity contribution in [1.82, 2.24) is 5.32 Å². The van der Waals surface area contributed by atoms with Crippen molar-refractivity contribution >= 4 is 17.7 Å². The summed E-state index contributed by atoms with van der Waals surface area (Å²) >= 11 is 1.83. The molecule has 2 atom stereocenters. The smallest absolute Gasteiger partial charge is 0.237 e. The van der Waals surface area contributed by atoms with Gasteiger partial charge in [0.15, 0.2) is 0 Å². The molecule has 0 aromatic heterocycles. The Hall–Kier alpha value is -0.220. The third-order valence-electron chi connectivity index (χ3n) is 1.90. The Morgan fingerprint density at radius 3 is 2.64 bits per heavy atom. The fourth-order valence-electron chi connectivity index (χ4n) is 1.13. The van der Waals surface area contributed by atoms with Crippen molar-refractivity contribution in [3.63, 3.8) is 0 Å². The molecule has 0 rings (SSSR count). The monoisotopic (exact) mass is 218 g/mol. The van der Waals surface area contributed by atoms with Gasteiger partial charge in [0, 0.05) is 11.8 Å². The van der Waals surface area contributed by atoms with E-state index in [0.717, 1.165) is 24.3 Å². The van der Waals surface area contributed by atoms with Gasteiger partial charge in [-0.1, -0.05) is 20.3 Å². The van der Waals surface area contributed by atoms with Crippen LogP contribution in [0.3, 0.4) is 0 Å². The van der Waals surface area contributed by atoms with Crippen LogP contribution < -0.4 is 11.1 Å². The van der Waals surface area contributed by atoms with Crippen molar-refractivity contribution in [2.45, 2.75) is 45.7 Å². The first-order valence-corrected chi connectivity index (χ1v) is 6.40. The molecule has 0 aromatic rings. The van der Waals surface area contributed by atoms with Gasteiger partial charge in [0.2, 0.25) is 5.91 Å². The minimum Gasteiger partial charge on any atom is -0.351 e. The Labute approximate surface area is 91.2 Å². The first kappa shape index (κ1) is 13.8. The van der Waals surface area contributed by atoms with Crippen LogP contribution in [0.25, 0.3) is 0 Å². The summed E-state index contributed by atoms with van der Waals surface area (Å²) < 4.78 is 0. The highest BCUT2D eigenvalue weighted by Gasteiger charge is 2.14. The number of rotatable bonds is 7. The van der Waals surface area contributed by atoms with Gasteiger partial charge in [-0.05, 0) is 19.1 Å². The summed E-state index contributed by atoms with van der Waals surface area (Å²) in [6.45, 7) is 6.16. The van der Waals surface area contributed by atoms with Gasteiger partial charge in [-0.25, -0.2) is 0 Å². The van der Waals surface area contributed by atoms with Crippen molar-refractivity contribution in [1.29, 1.82) is 0 Å². The van der Waals surface area contributed by atoms with Crippen LogP contribution in [0.4, 0.5) is 0 Å². The lowest BCUT2D eigenvalue weighted by Crippen LogP contribution is -2.45. The minimum atomic E-state index is -0.339. The van der Waals surface area contributed by atoms with Crippen LogP contribution in [0.2, 0.25) is 0 Å². The zero-order valence-corrected chi connectivity index (χ0v) is 10.2. The summed E-state index contributed by atoms with van der Waals surface area (Å²) in [5.41, 5.74) is 5.69. The van der Waals surface area contributed by atoms with E-state index in [4.69, 9.17) is 5.73 Å². The number of amides is 1. The zero-order valence-electron chi connectivity index (χ0n) is 9.38. The second-order valence-corrected chi connectivity index (χ2v) is 4.78. The summed E-state index contributed by atoms with van der Waals surface area (Å²) in [6.07, 6.45) is 1.71. The molecule has 0 aliphatic heterocycles. The molecule has 3 nitrogen and oxygen atoms in total. The molecule has 1 amide bonds. The number of hydrogen-bond donors (Lipinski definition) is 2. The number of carbonyl (C=O) groups excluding carboxylic acids is 1. The molecule has 0 radical (unpaired) electrons. The first-order valence-electron chi connectivity index (χ1n) is 5.25. The van der Waals surface area contributed by atoms with E-state index in [-0.39, 0.29) is 18.0 Å². The molecule has 4 heteroatoms. The van der Waals surface area contributed by atoms with Gasteiger partial charge in [-0.2, -0.15) is 11.8 Å². The third-order valence-corrected chi connectivity index (χ3v) is 3.04. The Morgan fingerprint density at radius 1 is 1.50 bits per heavy atom. The quantitative estimate of drug-likeness (QED) is 0.678. The maximum absolute atomic E-state index is 11.5. The van der Waals surface area contributed by atoms with E-state index in [0.29, 0.717) is 0 Å². The predicted octanol–water partition coefficient (Wildman–Crippen LogP) is 1.37. The van der Waals surface area contributed by atoms with Gasteiger partial charge in [0.05, 0.1) is 6.04 Å². The zero-order chi connectivity index (χ0) is 11.0. The highest BCUT2D eigenvalue weighted by Crippen LogP contribution is 2.02. The molecule has 0 fully saturated rings. The lowest BCUT2D eigenvalue weighted by atomic mass is 10.1. The van der Waals surface area contributed by atoms with Crippen molar-refractivity contribution in [3.8, 4) is 0 Å². The predicted molar refractivity (Wildman–Crippen MR) is 63.5 cm³/mol. The largest absolute Gasteiger partial charge is 0.351 e. The molecule has 0 spiro atoms. The summed E-state index contributed by atoms with van der Waals surface area (Å²) in [7, 11) is 0. The van der Waals surface area contributed by atoms with Gasteiger partial charge in [-0.3, -0.25) is 4.79 Å². The van der Waals surface area contributed by atoms with E-state index >= 15 is 0 Å². The second-order valence-electron chi connectivity index (χ2n) is 3.46. The summed E-state index contributed by atoms with van der Waals surface area (Å²) in [5, 5.41) is 2.91. The first-order chi connectivity index (χ1) is 6.61. The van der Waals surface area contributed by atoms with Crippen LogP contribution in [0.15, 0.2) is 0 Å². The molecule has 0 saturated carbocycles. The summed E-state index contributed by atoms with van der Waals surface area (Å²) in [4.78, 5) is 11.5. The van der Waals surface area contributed by atoms with E-state index in [1.807, 2.05) is 25.6 Å². The van der Waals surface area contributed by atoms with Crippen molar-refractivity contribution in [3.05, 3.63) is 0 Å². The molecular formula is C10H22N2OS. The highest BCUT2D eigenvalue weighted by molar-refractivity contribution is 7.99. The van der Waals surface area contributed by atoms with Crippen LogP contribution in [0.1, 0.15) is 33.6 Å². The molecule has 0 saturated heterocycles. The normalized spacial score (nSPS) is 14.9. The molecule has 0 aromatic carbocycles. The van der Waals surface area contributed by atoms with Crippen LogP contribution in [-0.2, 0) is 4.79 Å². The molecule has 0 aliphatic carbocycles. The van der Waals surface area contributed by atoms with Crippen LogP contribution in [-0.4, -0.2) is 29.5 Å². The van der Waals surface area contributed by atoms with Crippen LogP contribution in [0, 0.1) is 0 Å². The van der Waals surface area contributed by atoms with Crippen molar-refractivity contribution in [2.24, 2.45) is 5.73 Å². The molecule has 1 unspecified atom stereocenters. The molecule has 0 bridgehead atoms. The fourth-order valence-corrected chi connectivity index (χ4v) is 1.80. The van der Waals surface area contributed by atoms with Crippen LogP contribution in [0.5, 0.6) is 0 Å². The maximum Gasteiger partial charge on any atom is 0.237 e. The molecule has 14 heavy (non-hydrogen) atoms. The average molecular weight is 218 g/mol. The maximum atomic E-state index is 11.5. The molecule has 0 heterocycles. The molecule has 0 aliphatic rings. The Balaban J connectivity index is 3.69. The number of thioether (sulfide) groups is 1. The van der Waals surface area contributed by atoms with Gasteiger partial charge in [0.1, 0.15) is 0 Å². The summed E-state index contributed by atoms with van der Waals surface area (Å²) in [5.74, 6) is 2.03. The average Bonchev–Trinajstić information content (AvgIpc) is 2.15. The SMILES string of the molecule is CCC[C@@H](N)C(=O)NC(C)CSCC. The lowest BCUT2D eigenvalue weighted by Gasteiger charge is -2.16. The number of carbonyl (C=O) groups is 1. The standard InChI is InChI=1S/C10H22N2OS/c1-4-6-9(11)10(13)12-8(3)7-14-5-2/h8-9H,4-7,11H2,1-3H3,(H,12,13)/t8?,9-/m1/s1. The van der Waals surface area contributed by atoms with Gasteiger partial charge >= 0.3 is 0 Å². The second kappa shape index (κ2) is 8.12. The topological polar surface area (TPSA) is 55.1 Å². The number of hydrogen-bond acceptors (Lipinski definition) is 3.